The summed E-state index contributed by atoms with van der Waals surface area (Å²) in [6.45, 7) is 3.49. The summed E-state index contributed by atoms with van der Waals surface area (Å²) in [6.07, 6.45) is 0.940. The lowest BCUT2D eigenvalue weighted by molar-refractivity contribution is -0.389. The van der Waals surface area contributed by atoms with Crippen molar-refractivity contribution in [2.75, 3.05) is 13.2 Å². The maximum absolute atomic E-state index is 10.5. The molecule has 1 aromatic heterocycles. The molecular formula is C8H13N3O4. The first-order valence-electron chi connectivity index (χ1n) is 4.48. The highest BCUT2D eigenvalue weighted by Crippen LogP contribution is 2.16. The number of ether oxygens (including phenoxy) is 1. The molecule has 0 amide bonds. The van der Waals surface area contributed by atoms with Crippen LogP contribution in [0, 0.1) is 17.0 Å². The molecule has 15 heavy (non-hydrogen) atoms. The van der Waals surface area contributed by atoms with Gasteiger partial charge in [0.15, 0.2) is 0 Å². The fraction of sp³-hybridized carbons (Fsp3) is 0.625. The molecule has 0 aromatic carbocycles. The number of aryl methyl sites for hydroxylation is 1. The zero-order valence-corrected chi connectivity index (χ0v) is 8.58. The number of aliphatic hydroxyl groups excluding tert-OH is 1. The topological polar surface area (TPSA) is 90.4 Å². The number of hydrogen-bond acceptors (Lipinski definition) is 5. The third-order valence-corrected chi connectivity index (χ3v) is 1.93. The van der Waals surface area contributed by atoms with Gasteiger partial charge in [-0.25, -0.2) is 0 Å². The third-order valence-electron chi connectivity index (χ3n) is 1.93. The minimum absolute atomic E-state index is 0.0832. The van der Waals surface area contributed by atoms with Crippen molar-refractivity contribution in [2.24, 2.45) is 0 Å². The van der Waals surface area contributed by atoms with Crippen molar-refractivity contribution >= 4 is 5.82 Å². The molecule has 84 valence electrons. The number of rotatable bonds is 5. The van der Waals surface area contributed by atoms with Gasteiger partial charge < -0.3 is 20.0 Å². The van der Waals surface area contributed by atoms with Crippen molar-refractivity contribution in [2.45, 2.75) is 20.1 Å². The second kappa shape index (κ2) is 4.85. The Morgan fingerprint density at radius 1 is 1.80 bits per heavy atom. The Morgan fingerprint density at radius 2 is 2.47 bits per heavy atom. The van der Waals surface area contributed by atoms with Gasteiger partial charge in [0.1, 0.15) is 12.4 Å². The van der Waals surface area contributed by atoms with Crippen LogP contribution in [0.1, 0.15) is 19.0 Å². The minimum Gasteiger partial charge on any atom is -0.394 e. The molecule has 0 aliphatic carbocycles. The summed E-state index contributed by atoms with van der Waals surface area (Å²) in [5, 5.41) is 19.0. The van der Waals surface area contributed by atoms with Crippen molar-refractivity contribution < 1.29 is 14.8 Å². The summed E-state index contributed by atoms with van der Waals surface area (Å²) >= 11 is 0. The van der Waals surface area contributed by atoms with Crippen LogP contribution in [0.3, 0.4) is 0 Å². The first-order chi connectivity index (χ1) is 7.06. The van der Waals surface area contributed by atoms with E-state index >= 15 is 0 Å². The van der Waals surface area contributed by atoms with E-state index in [2.05, 4.69) is 4.98 Å². The van der Waals surface area contributed by atoms with Gasteiger partial charge in [0.2, 0.25) is 5.82 Å². The molecular weight excluding hydrogens is 202 g/mol. The summed E-state index contributed by atoms with van der Waals surface area (Å²) in [6, 6.07) is 0. The average Bonchev–Trinajstić information content (AvgIpc) is 2.57. The van der Waals surface area contributed by atoms with Crippen LogP contribution < -0.4 is 0 Å². The van der Waals surface area contributed by atoms with Gasteiger partial charge in [0, 0.05) is 6.92 Å². The molecule has 1 rings (SSSR count). The van der Waals surface area contributed by atoms with Gasteiger partial charge in [-0.2, -0.15) is 0 Å². The molecule has 7 heteroatoms. The van der Waals surface area contributed by atoms with Gasteiger partial charge >= 0.3 is 5.82 Å². The van der Waals surface area contributed by atoms with Gasteiger partial charge in [0.05, 0.1) is 13.2 Å². The van der Waals surface area contributed by atoms with Crippen molar-refractivity contribution in [3.63, 3.8) is 0 Å². The summed E-state index contributed by atoms with van der Waals surface area (Å²) < 4.78 is 6.75. The molecule has 0 radical (unpaired) electrons. The second-order valence-electron chi connectivity index (χ2n) is 3.00. The SMILES string of the molecule is Cc1nc([N+](=O)[O-])cn1C(C)OCCO. The molecule has 0 saturated carbocycles. The Bertz CT molecular complexity index is 350. The normalized spacial score (nSPS) is 12.7. The Balaban J connectivity index is 2.79. The maximum atomic E-state index is 10.5. The molecule has 1 unspecified atom stereocenters. The maximum Gasteiger partial charge on any atom is 0.381 e. The average molecular weight is 215 g/mol. The van der Waals surface area contributed by atoms with E-state index in [1.807, 2.05) is 0 Å². The predicted molar refractivity (Wildman–Crippen MR) is 51.4 cm³/mol. The van der Waals surface area contributed by atoms with Gasteiger partial charge in [-0.05, 0) is 16.8 Å². The predicted octanol–water partition coefficient (Wildman–Crippen LogP) is 0.627. The first-order valence-corrected chi connectivity index (χ1v) is 4.48. The van der Waals surface area contributed by atoms with E-state index in [-0.39, 0.29) is 25.3 Å². The number of hydrogen-bond donors (Lipinski definition) is 1. The highest BCUT2D eigenvalue weighted by molar-refractivity contribution is 5.16. The van der Waals surface area contributed by atoms with E-state index in [9.17, 15) is 10.1 Å². The molecule has 0 saturated heterocycles. The van der Waals surface area contributed by atoms with Crippen molar-refractivity contribution in [3.05, 3.63) is 22.1 Å². The van der Waals surface area contributed by atoms with Crippen LogP contribution in [0.2, 0.25) is 0 Å². The van der Waals surface area contributed by atoms with E-state index in [4.69, 9.17) is 9.84 Å². The molecule has 0 spiro atoms. The van der Waals surface area contributed by atoms with Gasteiger partial charge in [0.25, 0.3) is 0 Å². The first kappa shape index (κ1) is 11.6. The van der Waals surface area contributed by atoms with Gasteiger partial charge in [-0.15, -0.1) is 0 Å². The largest absolute Gasteiger partial charge is 0.394 e. The van der Waals surface area contributed by atoms with Crippen LogP contribution in [-0.4, -0.2) is 32.8 Å². The lowest BCUT2D eigenvalue weighted by Crippen LogP contribution is -2.12. The molecule has 1 atom stereocenters. The fourth-order valence-electron chi connectivity index (χ4n) is 1.23. The number of aliphatic hydroxyl groups is 1. The number of nitro groups is 1. The molecule has 0 bridgehead atoms. The smallest absolute Gasteiger partial charge is 0.381 e. The van der Waals surface area contributed by atoms with Gasteiger partial charge in [-0.3, -0.25) is 4.57 Å². The van der Waals surface area contributed by atoms with E-state index in [1.54, 1.807) is 18.4 Å². The van der Waals surface area contributed by atoms with Crippen LogP contribution in [0.5, 0.6) is 0 Å². The van der Waals surface area contributed by atoms with Crippen LogP contribution in [0.25, 0.3) is 0 Å². The lowest BCUT2D eigenvalue weighted by Gasteiger charge is -2.12. The molecule has 1 N–H and O–H groups in total. The van der Waals surface area contributed by atoms with Crippen molar-refractivity contribution in [3.8, 4) is 0 Å². The summed E-state index contributed by atoms with van der Waals surface area (Å²) in [4.78, 5) is 13.7. The minimum atomic E-state index is -0.553. The zero-order chi connectivity index (χ0) is 11.4. The third kappa shape index (κ3) is 2.74. The Morgan fingerprint density at radius 3 is 2.93 bits per heavy atom. The monoisotopic (exact) mass is 215 g/mol. The quantitative estimate of drug-likeness (QED) is 0.574. The Labute approximate surface area is 86.5 Å². The molecule has 0 fully saturated rings. The van der Waals surface area contributed by atoms with Crippen molar-refractivity contribution in [1.82, 2.24) is 9.55 Å². The summed E-state index contributed by atoms with van der Waals surface area (Å²) in [5.74, 6) is 0.305. The van der Waals surface area contributed by atoms with E-state index < -0.39 is 4.92 Å². The van der Waals surface area contributed by atoms with Gasteiger partial charge in [-0.1, -0.05) is 0 Å². The van der Waals surface area contributed by atoms with Crippen LogP contribution >= 0.6 is 0 Å². The zero-order valence-electron chi connectivity index (χ0n) is 8.58. The highest BCUT2D eigenvalue weighted by Gasteiger charge is 2.18. The molecule has 0 aliphatic rings. The van der Waals surface area contributed by atoms with Crippen molar-refractivity contribution in [1.29, 1.82) is 0 Å². The van der Waals surface area contributed by atoms with E-state index in [1.165, 1.54) is 6.20 Å². The van der Waals surface area contributed by atoms with E-state index in [0.29, 0.717) is 5.82 Å². The Kier molecular flexibility index (Phi) is 3.75. The molecule has 1 aromatic rings. The standard InChI is InChI=1S/C8H13N3O4/c1-6-9-8(11(13)14)5-10(6)7(2)15-4-3-12/h5,7,12H,3-4H2,1-2H3. The van der Waals surface area contributed by atoms with Crippen LogP contribution in [0.4, 0.5) is 5.82 Å². The summed E-state index contributed by atoms with van der Waals surface area (Å²) in [7, 11) is 0. The summed E-state index contributed by atoms with van der Waals surface area (Å²) in [5.41, 5.74) is 0. The number of nitrogens with zero attached hydrogens (tertiary/aromatic N) is 3. The molecule has 0 aliphatic heterocycles. The number of aromatic nitrogens is 2. The lowest BCUT2D eigenvalue weighted by atomic mass is 10.5. The fourth-order valence-corrected chi connectivity index (χ4v) is 1.23. The Hall–Kier alpha value is -1.47. The molecule has 1 heterocycles. The van der Waals surface area contributed by atoms with E-state index in [0.717, 1.165) is 0 Å². The highest BCUT2D eigenvalue weighted by atomic mass is 16.6. The number of imidazole rings is 1. The van der Waals surface area contributed by atoms with Crippen LogP contribution in [-0.2, 0) is 4.74 Å². The van der Waals surface area contributed by atoms with Crippen LogP contribution in [0.15, 0.2) is 6.20 Å². The molecule has 7 nitrogen and oxygen atoms in total. The second-order valence-corrected chi connectivity index (χ2v) is 3.00.